The van der Waals surface area contributed by atoms with E-state index < -0.39 is 0 Å². The molecular weight excluding hydrogens is 240 g/mol. The molecule has 0 amide bonds. The highest BCUT2D eigenvalue weighted by atomic mass is 16.5. The van der Waals surface area contributed by atoms with Crippen LogP contribution >= 0.6 is 0 Å². The molecule has 5 nitrogen and oxygen atoms in total. The van der Waals surface area contributed by atoms with E-state index in [4.69, 9.17) is 4.74 Å². The zero-order chi connectivity index (χ0) is 13.7. The van der Waals surface area contributed by atoms with Crippen molar-refractivity contribution in [2.45, 2.75) is 19.8 Å². The quantitative estimate of drug-likeness (QED) is 0.889. The number of ether oxygens (including phenoxy) is 1. The third kappa shape index (κ3) is 2.99. The first-order valence-electron chi connectivity index (χ1n) is 6.27. The molecule has 5 heteroatoms. The van der Waals surface area contributed by atoms with Gasteiger partial charge >= 0.3 is 0 Å². The number of nitrogens with zero attached hydrogens (tertiary/aromatic N) is 3. The molecule has 0 aromatic carbocycles. The number of methoxy groups -OCH3 is 1. The van der Waals surface area contributed by atoms with E-state index in [1.165, 1.54) is 11.9 Å². The van der Waals surface area contributed by atoms with E-state index in [0.29, 0.717) is 18.0 Å². The van der Waals surface area contributed by atoms with Crippen LogP contribution in [0.3, 0.4) is 0 Å². The van der Waals surface area contributed by atoms with Gasteiger partial charge in [0, 0.05) is 25.4 Å². The van der Waals surface area contributed by atoms with Crippen LogP contribution in [0, 0.1) is 0 Å². The van der Waals surface area contributed by atoms with E-state index in [1.54, 1.807) is 7.11 Å². The minimum Gasteiger partial charge on any atom is -0.491 e. The van der Waals surface area contributed by atoms with E-state index in [-0.39, 0.29) is 0 Å². The first-order chi connectivity index (χ1) is 9.28. The van der Waals surface area contributed by atoms with Crippen molar-refractivity contribution in [3.8, 4) is 5.75 Å². The molecule has 0 spiro atoms. The van der Waals surface area contributed by atoms with Crippen molar-refractivity contribution in [2.75, 3.05) is 19.5 Å². The zero-order valence-electron chi connectivity index (χ0n) is 11.5. The van der Waals surface area contributed by atoms with Crippen molar-refractivity contribution >= 4 is 5.82 Å². The molecule has 0 fully saturated rings. The van der Waals surface area contributed by atoms with Crippen LogP contribution in [0.1, 0.15) is 23.9 Å². The van der Waals surface area contributed by atoms with Crippen molar-refractivity contribution in [1.82, 2.24) is 15.0 Å². The fourth-order valence-electron chi connectivity index (χ4n) is 1.87. The first-order valence-corrected chi connectivity index (χ1v) is 6.27. The van der Waals surface area contributed by atoms with Gasteiger partial charge in [-0.3, -0.25) is 4.98 Å². The van der Waals surface area contributed by atoms with Crippen molar-refractivity contribution < 1.29 is 4.74 Å². The van der Waals surface area contributed by atoms with Gasteiger partial charge in [-0.2, -0.15) is 0 Å². The molecule has 0 aliphatic rings. The summed E-state index contributed by atoms with van der Waals surface area (Å²) in [5.74, 6) is 1.36. The molecule has 100 valence electrons. The molecule has 0 bridgehead atoms. The van der Waals surface area contributed by atoms with Crippen molar-refractivity contribution in [2.24, 2.45) is 0 Å². The number of pyridine rings is 1. The third-order valence-electron chi connectivity index (χ3n) is 2.96. The van der Waals surface area contributed by atoms with Gasteiger partial charge < -0.3 is 10.1 Å². The summed E-state index contributed by atoms with van der Waals surface area (Å²) >= 11 is 0. The second kappa shape index (κ2) is 6.13. The monoisotopic (exact) mass is 258 g/mol. The van der Waals surface area contributed by atoms with Crippen LogP contribution in [-0.4, -0.2) is 29.1 Å². The molecule has 0 saturated carbocycles. The molecule has 0 unspecified atom stereocenters. The van der Waals surface area contributed by atoms with Gasteiger partial charge in [0.2, 0.25) is 0 Å². The van der Waals surface area contributed by atoms with Crippen LogP contribution in [0.25, 0.3) is 0 Å². The van der Waals surface area contributed by atoms with Crippen molar-refractivity contribution in [1.29, 1.82) is 0 Å². The van der Waals surface area contributed by atoms with Gasteiger partial charge in [-0.1, -0.05) is 13.0 Å². The van der Waals surface area contributed by atoms with Gasteiger partial charge in [0.15, 0.2) is 11.6 Å². The molecule has 19 heavy (non-hydrogen) atoms. The maximum atomic E-state index is 5.37. The summed E-state index contributed by atoms with van der Waals surface area (Å²) in [6.45, 7) is 2.11. The number of nitrogens with one attached hydrogen (secondary N) is 1. The Kier molecular flexibility index (Phi) is 4.28. The Morgan fingerprint density at radius 2 is 2.05 bits per heavy atom. The van der Waals surface area contributed by atoms with Crippen LogP contribution < -0.4 is 10.1 Å². The standard InChI is InChI=1S/C14H18N4O/c1-4-10-5-6-11(16-8-10)7-12-13(19-3)14(15-2)18-9-17-12/h5-6,8-9H,4,7H2,1-3H3,(H,15,17,18). The van der Waals surface area contributed by atoms with Gasteiger partial charge in [0.25, 0.3) is 0 Å². The Morgan fingerprint density at radius 3 is 2.63 bits per heavy atom. The molecular formula is C14H18N4O. The number of aryl methyl sites for hydroxylation is 1. The smallest absolute Gasteiger partial charge is 0.183 e. The van der Waals surface area contributed by atoms with Gasteiger partial charge in [0.05, 0.1) is 12.8 Å². The zero-order valence-corrected chi connectivity index (χ0v) is 11.5. The molecule has 2 aromatic heterocycles. The lowest BCUT2D eigenvalue weighted by Gasteiger charge is -2.10. The minimum atomic E-state index is 0.629. The maximum absolute atomic E-state index is 5.37. The summed E-state index contributed by atoms with van der Waals surface area (Å²) in [5.41, 5.74) is 3.03. The van der Waals surface area contributed by atoms with Crippen molar-refractivity contribution in [3.63, 3.8) is 0 Å². The summed E-state index contributed by atoms with van der Waals surface area (Å²) < 4.78 is 5.37. The average molecular weight is 258 g/mol. The Balaban J connectivity index is 2.26. The van der Waals surface area contributed by atoms with Gasteiger partial charge in [-0.15, -0.1) is 0 Å². The normalized spacial score (nSPS) is 10.3. The summed E-state index contributed by atoms with van der Waals surface area (Å²) in [6.07, 6.45) is 5.06. The molecule has 1 N–H and O–H groups in total. The largest absolute Gasteiger partial charge is 0.491 e. The number of anilines is 1. The molecule has 2 heterocycles. The summed E-state index contributed by atoms with van der Waals surface area (Å²) in [6, 6.07) is 4.12. The fraction of sp³-hybridized carbons (Fsp3) is 0.357. The van der Waals surface area contributed by atoms with Gasteiger partial charge in [0.1, 0.15) is 6.33 Å². The average Bonchev–Trinajstić information content (AvgIpc) is 2.47. The van der Waals surface area contributed by atoms with E-state index in [0.717, 1.165) is 17.8 Å². The van der Waals surface area contributed by atoms with E-state index in [1.807, 2.05) is 19.3 Å². The van der Waals surface area contributed by atoms with Gasteiger partial charge in [-0.25, -0.2) is 9.97 Å². The summed E-state index contributed by atoms with van der Waals surface area (Å²) in [4.78, 5) is 12.8. The molecule has 2 rings (SSSR count). The topological polar surface area (TPSA) is 59.9 Å². The number of hydrogen-bond donors (Lipinski definition) is 1. The molecule has 0 aliphatic heterocycles. The van der Waals surface area contributed by atoms with Crippen LogP contribution in [0.2, 0.25) is 0 Å². The SMILES string of the molecule is CCc1ccc(Cc2ncnc(NC)c2OC)nc1. The summed E-state index contributed by atoms with van der Waals surface area (Å²) in [7, 11) is 3.43. The maximum Gasteiger partial charge on any atom is 0.183 e. The number of rotatable bonds is 5. The lowest BCUT2D eigenvalue weighted by atomic mass is 10.1. The Labute approximate surface area is 113 Å². The lowest BCUT2D eigenvalue weighted by Crippen LogP contribution is -2.04. The van der Waals surface area contributed by atoms with E-state index in [2.05, 4.69) is 33.3 Å². The molecule has 0 radical (unpaired) electrons. The Hall–Kier alpha value is -2.17. The van der Waals surface area contributed by atoms with E-state index >= 15 is 0 Å². The molecule has 0 aliphatic carbocycles. The fourth-order valence-corrected chi connectivity index (χ4v) is 1.87. The second-order valence-electron chi connectivity index (χ2n) is 4.14. The minimum absolute atomic E-state index is 0.629. The highest BCUT2D eigenvalue weighted by Crippen LogP contribution is 2.25. The van der Waals surface area contributed by atoms with E-state index in [9.17, 15) is 0 Å². The second-order valence-corrected chi connectivity index (χ2v) is 4.14. The molecule has 2 aromatic rings. The lowest BCUT2D eigenvalue weighted by molar-refractivity contribution is 0.407. The predicted molar refractivity (Wildman–Crippen MR) is 74.6 cm³/mol. The van der Waals surface area contributed by atoms with Crippen LogP contribution in [0.4, 0.5) is 5.82 Å². The third-order valence-corrected chi connectivity index (χ3v) is 2.96. The molecule has 0 saturated heterocycles. The van der Waals surface area contributed by atoms with Crippen LogP contribution in [0.15, 0.2) is 24.7 Å². The van der Waals surface area contributed by atoms with Crippen LogP contribution in [0.5, 0.6) is 5.75 Å². The highest BCUT2D eigenvalue weighted by molar-refractivity contribution is 5.52. The van der Waals surface area contributed by atoms with Crippen molar-refractivity contribution in [3.05, 3.63) is 41.6 Å². The Bertz CT molecular complexity index is 540. The predicted octanol–water partition coefficient (Wildman–Crippen LogP) is 2.08. The summed E-state index contributed by atoms with van der Waals surface area (Å²) in [5, 5.41) is 2.99. The Morgan fingerprint density at radius 1 is 1.21 bits per heavy atom. The number of hydrogen-bond acceptors (Lipinski definition) is 5. The van der Waals surface area contributed by atoms with Crippen LogP contribution in [-0.2, 0) is 12.8 Å². The highest BCUT2D eigenvalue weighted by Gasteiger charge is 2.11. The molecule has 0 atom stereocenters. The first kappa shape index (κ1) is 13.3. The number of aromatic nitrogens is 3. The van der Waals surface area contributed by atoms with Gasteiger partial charge in [-0.05, 0) is 18.1 Å².